The molecular formula is C17H19NO3S. The minimum Gasteiger partial charge on any atom is -0.294 e. The number of hydrogen-bond acceptors (Lipinski definition) is 3. The third-order valence-corrected chi connectivity index (χ3v) is 4.67. The molecule has 0 saturated carbocycles. The molecule has 0 aliphatic heterocycles. The molecule has 0 unspecified atom stereocenters. The average molecular weight is 317 g/mol. The highest BCUT2D eigenvalue weighted by Gasteiger charge is 2.15. The normalized spacial score (nSPS) is 11.1. The fraction of sp³-hybridized carbons (Fsp3) is 0.235. The first-order valence-electron chi connectivity index (χ1n) is 7.24. The molecule has 2 aromatic rings. The van der Waals surface area contributed by atoms with E-state index in [0.717, 1.165) is 12.8 Å². The van der Waals surface area contributed by atoms with Gasteiger partial charge in [-0.15, -0.1) is 0 Å². The van der Waals surface area contributed by atoms with E-state index in [1.165, 1.54) is 12.1 Å². The second-order valence-corrected chi connectivity index (χ2v) is 6.71. The van der Waals surface area contributed by atoms with Gasteiger partial charge in [0.25, 0.3) is 10.0 Å². The Morgan fingerprint density at radius 2 is 1.64 bits per heavy atom. The van der Waals surface area contributed by atoms with E-state index in [0.29, 0.717) is 17.7 Å². The molecular weight excluding hydrogens is 298 g/mol. The van der Waals surface area contributed by atoms with Crippen LogP contribution in [-0.4, -0.2) is 14.2 Å². The van der Waals surface area contributed by atoms with Crippen molar-refractivity contribution in [1.29, 1.82) is 0 Å². The molecule has 0 amide bonds. The van der Waals surface area contributed by atoms with Gasteiger partial charge < -0.3 is 0 Å². The van der Waals surface area contributed by atoms with Crippen LogP contribution in [0.3, 0.4) is 0 Å². The van der Waals surface area contributed by atoms with Gasteiger partial charge in [0.15, 0.2) is 5.78 Å². The number of Topliss-reactive ketones (excluding diaryl/α,β-unsaturated/α-hetero) is 1. The van der Waals surface area contributed by atoms with E-state index in [2.05, 4.69) is 4.72 Å². The molecule has 5 heteroatoms. The van der Waals surface area contributed by atoms with Gasteiger partial charge in [-0.25, -0.2) is 8.42 Å². The van der Waals surface area contributed by atoms with Gasteiger partial charge in [-0.2, -0.15) is 0 Å². The van der Waals surface area contributed by atoms with Crippen molar-refractivity contribution in [2.24, 2.45) is 0 Å². The fourth-order valence-electron chi connectivity index (χ4n) is 2.02. The van der Waals surface area contributed by atoms with E-state index < -0.39 is 10.0 Å². The molecule has 0 radical (unpaired) electrons. The highest BCUT2D eigenvalue weighted by molar-refractivity contribution is 7.92. The number of carbonyl (C=O) groups is 1. The minimum absolute atomic E-state index is 0.0433. The lowest BCUT2D eigenvalue weighted by atomic mass is 10.1. The third kappa shape index (κ3) is 4.18. The predicted octanol–water partition coefficient (Wildman–Crippen LogP) is 3.86. The molecule has 0 aliphatic carbocycles. The lowest BCUT2D eigenvalue weighted by Gasteiger charge is -2.08. The second kappa shape index (κ2) is 7.22. The standard InChI is InChI=1S/C17H19NO3S/c1-2-3-9-17(19)14-10-12-16(13-11-14)22(20,21)18-15-7-5-4-6-8-15/h4-8,10-13,18H,2-3,9H2,1H3. The predicted molar refractivity (Wildman–Crippen MR) is 87.5 cm³/mol. The van der Waals surface area contributed by atoms with Crippen LogP contribution < -0.4 is 4.72 Å². The summed E-state index contributed by atoms with van der Waals surface area (Å²) in [5, 5.41) is 0. The first kappa shape index (κ1) is 16.2. The number of carbonyl (C=O) groups excluding carboxylic acids is 1. The number of anilines is 1. The molecule has 1 N–H and O–H groups in total. The molecule has 0 aliphatic rings. The zero-order valence-corrected chi connectivity index (χ0v) is 13.3. The van der Waals surface area contributed by atoms with Crippen LogP contribution in [0, 0.1) is 0 Å². The van der Waals surface area contributed by atoms with Gasteiger partial charge >= 0.3 is 0 Å². The van der Waals surface area contributed by atoms with Gasteiger partial charge in [0.1, 0.15) is 0 Å². The largest absolute Gasteiger partial charge is 0.294 e. The van der Waals surface area contributed by atoms with Crippen molar-refractivity contribution in [2.45, 2.75) is 31.1 Å². The summed E-state index contributed by atoms with van der Waals surface area (Å²) in [6.45, 7) is 2.03. The van der Waals surface area contributed by atoms with Crippen LogP contribution >= 0.6 is 0 Å². The van der Waals surface area contributed by atoms with Crippen molar-refractivity contribution in [1.82, 2.24) is 0 Å². The monoisotopic (exact) mass is 317 g/mol. The SMILES string of the molecule is CCCCC(=O)c1ccc(S(=O)(=O)Nc2ccccc2)cc1. The molecule has 0 spiro atoms. The minimum atomic E-state index is -3.63. The van der Waals surface area contributed by atoms with E-state index in [1.54, 1.807) is 36.4 Å². The Kier molecular flexibility index (Phi) is 5.33. The van der Waals surface area contributed by atoms with E-state index in [1.807, 2.05) is 13.0 Å². The van der Waals surface area contributed by atoms with Gasteiger partial charge in [0.2, 0.25) is 0 Å². The maximum Gasteiger partial charge on any atom is 0.261 e. The van der Waals surface area contributed by atoms with Gasteiger partial charge in [-0.3, -0.25) is 9.52 Å². The Bertz CT molecular complexity index is 722. The van der Waals surface area contributed by atoms with E-state index in [4.69, 9.17) is 0 Å². The first-order chi connectivity index (χ1) is 10.5. The molecule has 0 heterocycles. The van der Waals surface area contributed by atoms with Gasteiger partial charge in [0.05, 0.1) is 4.90 Å². The number of para-hydroxylation sites is 1. The van der Waals surface area contributed by atoms with E-state index in [-0.39, 0.29) is 10.7 Å². The quantitative estimate of drug-likeness (QED) is 0.789. The highest BCUT2D eigenvalue weighted by Crippen LogP contribution is 2.17. The van der Waals surface area contributed by atoms with Gasteiger partial charge in [0, 0.05) is 17.7 Å². The summed E-state index contributed by atoms with van der Waals surface area (Å²) in [5.41, 5.74) is 1.05. The zero-order chi connectivity index (χ0) is 16.0. The molecule has 4 nitrogen and oxygen atoms in total. The molecule has 0 fully saturated rings. The Hall–Kier alpha value is -2.14. The van der Waals surface area contributed by atoms with Crippen LogP contribution in [-0.2, 0) is 10.0 Å². The van der Waals surface area contributed by atoms with Crippen molar-refractivity contribution < 1.29 is 13.2 Å². The van der Waals surface area contributed by atoms with Crippen LogP contribution in [0.4, 0.5) is 5.69 Å². The highest BCUT2D eigenvalue weighted by atomic mass is 32.2. The molecule has 116 valence electrons. The molecule has 0 bridgehead atoms. The number of rotatable bonds is 7. The van der Waals surface area contributed by atoms with Crippen LogP contribution in [0.25, 0.3) is 0 Å². The number of unbranched alkanes of at least 4 members (excludes halogenated alkanes) is 1. The van der Waals surface area contributed by atoms with Crippen molar-refractivity contribution in [3.8, 4) is 0 Å². The number of hydrogen-bond donors (Lipinski definition) is 1. The summed E-state index contributed by atoms with van der Waals surface area (Å²) < 4.78 is 27.0. The number of sulfonamides is 1. The molecule has 2 aromatic carbocycles. The number of benzene rings is 2. The smallest absolute Gasteiger partial charge is 0.261 e. The Labute approximate surface area is 131 Å². The van der Waals surface area contributed by atoms with E-state index in [9.17, 15) is 13.2 Å². The van der Waals surface area contributed by atoms with Crippen LogP contribution in [0.2, 0.25) is 0 Å². The lowest BCUT2D eigenvalue weighted by molar-refractivity contribution is 0.0979. The van der Waals surface area contributed by atoms with Crippen molar-refractivity contribution in [3.63, 3.8) is 0 Å². The zero-order valence-electron chi connectivity index (χ0n) is 12.5. The Morgan fingerprint density at radius 3 is 2.23 bits per heavy atom. The molecule has 0 aromatic heterocycles. The Morgan fingerprint density at radius 1 is 1.00 bits per heavy atom. The number of ketones is 1. The van der Waals surface area contributed by atoms with Crippen LogP contribution in [0.1, 0.15) is 36.5 Å². The maximum atomic E-state index is 12.3. The van der Waals surface area contributed by atoms with Crippen molar-refractivity contribution in [2.75, 3.05) is 4.72 Å². The Balaban J connectivity index is 2.14. The average Bonchev–Trinajstić information content (AvgIpc) is 2.53. The summed E-state index contributed by atoms with van der Waals surface area (Å²) >= 11 is 0. The first-order valence-corrected chi connectivity index (χ1v) is 8.72. The summed E-state index contributed by atoms with van der Waals surface area (Å²) in [6.07, 6.45) is 2.29. The second-order valence-electron chi connectivity index (χ2n) is 5.02. The molecule has 0 atom stereocenters. The van der Waals surface area contributed by atoms with E-state index >= 15 is 0 Å². The lowest BCUT2D eigenvalue weighted by Crippen LogP contribution is -2.13. The fourth-order valence-corrected chi connectivity index (χ4v) is 3.08. The molecule has 0 saturated heterocycles. The van der Waals surface area contributed by atoms with Crippen LogP contribution in [0.5, 0.6) is 0 Å². The molecule has 2 rings (SSSR count). The topological polar surface area (TPSA) is 63.2 Å². The maximum absolute atomic E-state index is 12.3. The third-order valence-electron chi connectivity index (χ3n) is 3.27. The van der Waals surface area contributed by atoms with Crippen molar-refractivity contribution in [3.05, 3.63) is 60.2 Å². The van der Waals surface area contributed by atoms with Gasteiger partial charge in [-0.05, 0) is 30.7 Å². The van der Waals surface area contributed by atoms with Crippen LogP contribution in [0.15, 0.2) is 59.5 Å². The number of nitrogens with one attached hydrogen (secondary N) is 1. The summed E-state index contributed by atoms with van der Waals surface area (Å²) in [6, 6.07) is 14.7. The van der Waals surface area contributed by atoms with Gasteiger partial charge in [-0.1, -0.05) is 43.7 Å². The summed E-state index contributed by atoms with van der Waals surface area (Å²) in [5.74, 6) is 0.0433. The summed E-state index contributed by atoms with van der Waals surface area (Å²) in [7, 11) is -3.63. The molecule has 22 heavy (non-hydrogen) atoms. The summed E-state index contributed by atoms with van der Waals surface area (Å²) in [4.78, 5) is 12.0. The van der Waals surface area contributed by atoms with Crippen molar-refractivity contribution >= 4 is 21.5 Å².